The Labute approximate surface area is 137 Å². The lowest BCUT2D eigenvalue weighted by atomic mass is 9.86. The molecule has 3 nitrogen and oxygen atoms in total. The van der Waals surface area contributed by atoms with Crippen molar-refractivity contribution >= 4 is 17.6 Å². The molecule has 2 unspecified atom stereocenters. The van der Waals surface area contributed by atoms with E-state index < -0.39 is 5.60 Å². The third kappa shape index (κ3) is 4.72. The molecule has 1 aliphatic rings. The van der Waals surface area contributed by atoms with Gasteiger partial charge in [-0.2, -0.15) is 0 Å². The van der Waals surface area contributed by atoms with Gasteiger partial charge in [-0.1, -0.05) is 49.9 Å². The molecule has 2 rings (SSSR count). The summed E-state index contributed by atoms with van der Waals surface area (Å²) < 4.78 is 10.6. The van der Waals surface area contributed by atoms with E-state index in [4.69, 9.17) is 21.1 Å². The number of hydrogen-bond donors (Lipinski definition) is 0. The minimum absolute atomic E-state index is 0.201. The van der Waals surface area contributed by atoms with E-state index in [1.165, 1.54) is 5.56 Å². The van der Waals surface area contributed by atoms with E-state index in [0.29, 0.717) is 19.1 Å². The highest BCUT2D eigenvalue weighted by Gasteiger charge is 2.54. The van der Waals surface area contributed by atoms with Crippen LogP contribution in [-0.4, -0.2) is 24.8 Å². The van der Waals surface area contributed by atoms with E-state index in [1.54, 1.807) is 0 Å². The molecule has 1 aliphatic heterocycles. The maximum Gasteiger partial charge on any atom is 0.340 e. The van der Waals surface area contributed by atoms with Crippen LogP contribution in [0.1, 0.15) is 45.1 Å². The van der Waals surface area contributed by atoms with Crippen molar-refractivity contribution in [1.29, 1.82) is 0 Å². The Morgan fingerprint density at radius 1 is 1.36 bits per heavy atom. The molecule has 1 aromatic carbocycles. The second kappa shape index (κ2) is 7.98. The monoisotopic (exact) mass is 324 g/mol. The molecule has 1 saturated heterocycles. The first-order valence-electron chi connectivity index (χ1n) is 8.15. The first-order valence-corrected chi connectivity index (χ1v) is 8.53. The van der Waals surface area contributed by atoms with Gasteiger partial charge in [-0.15, -0.1) is 0 Å². The van der Waals surface area contributed by atoms with Crippen molar-refractivity contribution in [3.05, 3.63) is 34.9 Å². The first-order chi connectivity index (χ1) is 10.6. The lowest BCUT2D eigenvalue weighted by molar-refractivity contribution is -0.150. The van der Waals surface area contributed by atoms with Crippen LogP contribution in [0.15, 0.2) is 24.3 Å². The standard InChI is InChI=1S/C18H25ClO3/c1-3-5-6-15(11-14-7-9-16(19)10-8-14)12-18(13-22-18)17(20)21-4-2/h7-10,15H,3-6,11-13H2,1-2H3. The number of halogens is 1. The average Bonchev–Trinajstić information content (AvgIpc) is 3.28. The zero-order valence-corrected chi connectivity index (χ0v) is 14.2. The normalized spacial score (nSPS) is 21.4. The molecule has 0 bridgehead atoms. The van der Waals surface area contributed by atoms with E-state index in [0.717, 1.165) is 37.1 Å². The van der Waals surface area contributed by atoms with Gasteiger partial charge in [-0.05, 0) is 43.4 Å². The SMILES string of the molecule is CCCCC(Cc1ccc(Cl)cc1)CC1(C(=O)OCC)CO1. The number of hydrogen-bond acceptors (Lipinski definition) is 3. The summed E-state index contributed by atoms with van der Waals surface area (Å²) in [7, 11) is 0. The summed E-state index contributed by atoms with van der Waals surface area (Å²) in [5.74, 6) is 0.223. The van der Waals surface area contributed by atoms with Crippen LogP contribution in [0.4, 0.5) is 0 Å². The Kier molecular flexibility index (Phi) is 6.27. The van der Waals surface area contributed by atoms with Gasteiger partial charge in [0.2, 0.25) is 0 Å². The predicted molar refractivity (Wildman–Crippen MR) is 88.1 cm³/mol. The molecule has 0 radical (unpaired) electrons. The maximum absolute atomic E-state index is 12.1. The summed E-state index contributed by atoms with van der Waals surface area (Å²) in [6.45, 7) is 4.92. The summed E-state index contributed by atoms with van der Waals surface area (Å²) in [6.07, 6.45) is 5.11. The van der Waals surface area contributed by atoms with Crippen LogP contribution in [0.2, 0.25) is 5.02 Å². The zero-order chi connectivity index (χ0) is 16.0. The van der Waals surface area contributed by atoms with Gasteiger partial charge in [0.25, 0.3) is 0 Å². The summed E-state index contributed by atoms with van der Waals surface area (Å²) in [5.41, 5.74) is 0.575. The van der Waals surface area contributed by atoms with Gasteiger partial charge >= 0.3 is 5.97 Å². The third-order valence-corrected chi connectivity index (χ3v) is 4.41. The average molecular weight is 325 g/mol. The van der Waals surface area contributed by atoms with Gasteiger partial charge in [0.15, 0.2) is 5.60 Å². The molecular weight excluding hydrogens is 300 g/mol. The smallest absolute Gasteiger partial charge is 0.340 e. The lowest BCUT2D eigenvalue weighted by Gasteiger charge is -2.20. The molecule has 4 heteroatoms. The Bertz CT molecular complexity index is 480. The van der Waals surface area contributed by atoms with Gasteiger partial charge < -0.3 is 9.47 Å². The van der Waals surface area contributed by atoms with E-state index in [1.807, 2.05) is 19.1 Å². The Morgan fingerprint density at radius 2 is 2.05 bits per heavy atom. The fourth-order valence-corrected chi connectivity index (χ4v) is 2.98. The van der Waals surface area contributed by atoms with Crippen LogP contribution < -0.4 is 0 Å². The third-order valence-electron chi connectivity index (χ3n) is 4.16. The lowest BCUT2D eigenvalue weighted by Crippen LogP contribution is -2.30. The van der Waals surface area contributed by atoms with Crippen molar-refractivity contribution in [1.82, 2.24) is 0 Å². The molecule has 0 amide bonds. The highest BCUT2D eigenvalue weighted by atomic mass is 35.5. The number of ether oxygens (including phenoxy) is 2. The Balaban J connectivity index is 2.00. The fourth-order valence-electron chi connectivity index (χ4n) is 2.86. The number of esters is 1. The zero-order valence-electron chi connectivity index (χ0n) is 13.4. The van der Waals surface area contributed by atoms with E-state index in [-0.39, 0.29) is 5.97 Å². The van der Waals surface area contributed by atoms with Crippen LogP contribution >= 0.6 is 11.6 Å². The molecule has 1 fully saturated rings. The summed E-state index contributed by atoms with van der Waals surface area (Å²) in [6, 6.07) is 7.96. The number of epoxide rings is 1. The second-order valence-electron chi connectivity index (χ2n) is 6.05. The summed E-state index contributed by atoms with van der Waals surface area (Å²) in [4.78, 5) is 12.1. The number of unbranched alkanes of at least 4 members (excludes halogenated alkanes) is 1. The Hall–Kier alpha value is -1.06. The van der Waals surface area contributed by atoms with Gasteiger partial charge in [-0.3, -0.25) is 0 Å². The van der Waals surface area contributed by atoms with Crippen LogP contribution in [0.5, 0.6) is 0 Å². The predicted octanol–water partition coefficient (Wildman–Crippen LogP) is 4.41. The van der Waals surface area contributed by atoms with Crippen LogP contribution in [-0.2, 0) is 20.7 Å². The molecule has 22 heavy (non-hydrogen) atoms. The van der Waals surface area contributed by atoms with Crippen molar-refractivity contribution in [3.63, 3.8) is 0 Å². The van der Waals surface area contributed by atoms with E-state index in [9.17, 15) is 4.79 Å². The quantitative estimate of drug-likeness (QED) is 0.499. The molecule has 122 valence electrons. The van der Waals surface area contributed by atoms with Crippen molar-refractivity contribution in [2.45, 2.75) is 51.6 Å². The first kappa shape index (κ1) is 17.3. The largest absolute Gasteiger partial charge is 0.464 e. The van der Waals surface area contributed by atoms with Crippen molar-refractivity contribution < 1.29 is 14.3 Å². The second-order valence-corrected chi connectivity index (χ2v) is 6.48. The van der Waals surface area contributed by atoms with Gasteiger partial charge in [0, 0.05) is 5.02 Å². The molecular formula is C18H25ClO3. The van der Waals surface area contributed by atoms with Gasteiger partial charge in [0.05, 0.1) is 13.2 Å². The fraction of sp³-hybridized carbons (Fsp3) is 0.611. The van der Waals surface area contributed by atoms with Crippen molar-refractivity contribution in [2.75, 3.05) is 13.2 Å². The topological polar surface area (TPSA) is 38.8 Å². The number of benzene rings is 1. The number of carbonyl (C=O) groups is 1. The van der Waals surface area contributed by atoms with Crippen LogP contribution in [0.3, 0.4) is 0 Å². The van der Waals surface area contributed by atoms with E-state index >= 15 is 0 Å². The maximum atomic E-state index is 12.1. The van der Waals surface area contributed by atoms with E-state index in [2.05, 4.69) is 19.1 Å². The van der Waals surface area contributed by atoms with Crippen molar-refractivity contribution in [2.24, 2.45) is 5.92 Å². The number of carbonyl (C=O) groups excluding carboxylic acids is 1. The minimum Gasteiger partial charge on any atom is -0.464 e. The molecule has 1 heterocycles. The highest BCUT2D eigenvalue weighted by Crippen LogP contribution is 2.38. The molecule has 1 aromatic rings. The Morgan fingerprint density at radius 3 is 2.59 bits per heavy atom. The molecule has 0 aliphatic carbocycles. The van der Waals surface area contributed by atoms with Gasteiger partial charge in [0.1, 0.15) is 0 Å². The van der Waals surface area contributed by atoms with Crippen LogP contribution in [0.25, 0.3) is 0 Å². The molecule has 0 saturated carbocycles. The van der Waals surface area contributed by atoms with Crippen LogP contribution in [0, 0.1) is 5.92 Å². The van der Waals surface area contributed by atoms with Crippen molar-refractivity contribution in [3.8, 4) is 0 Å². The molecule has 0 spiro atoms. The summed E-state index contributed by atoms with van der Waals surface area (Å²) in [5, 5.41) is 0.752. The number of rotatable bonds is 9. The molecule has 2 atom stereocenters. The summed E-state index contributed by atoms with van der Waals surface area (Å²) >= 11 is 5.94. The molecule has 0 N–H and O–H groups in total. The van der Waals surface area contributed by atoms with Gasteiger partial charge in [-0.25, -0.2) is 4.79 Å². The molecule has 0 aromatic heterocycles. The highest BCUT2D eigenvalue weighted by molar-refractivity contribution is 6.30. The minimum atomic E-state index is -0.680.